The van der Waals surface area contributed by atoms with Crippen molar-refractivity contribution >= 4 is 56.3 Å². The molecule has 0 radical (unpaired) electrons. The zero-order chi connectivity index (χ0) is 26.0. The van der Waals surface area contributed by atoms with Crippen LogP contribution < -0.4 is 9.08 Å². The summed E-state index contributed by atoms with van der Waals surface area (Å²) < 4.78 is 30.0. The lowest BCUT2D eigenvalue weighted by Crippen LogP contribution is -2.47. The van der Waals surface area contributed by atoms with Gasteiger partial charge in [-0.3, -0.25) is 4.79 Å². The molecular formula is C27H24ClN3O4S2. The van der Waals surface area contributed by atoms with E-state index in [1.807, 2.05) is 19.1 Å². The van der Waals surface area contributed by atoms with Gasteiger partial charge in [0.15, 0.2) is 5.17 Å². The molecule has 0 aromatic heterocycles. The summed E-state index contributed by atoms with van der Waals surface area (Å²) in [6.45, 7) is 5.10. The molecule has 0 N–H and O–H groups in total. The van der Waals surface area contributed by atoms with Crippen LogP contribution in [0.25, 0.3) is 6.08 Å². The number of piperazine rings is 1. The summed E-state index contributed by atoms with van der Waals surface area (Å²) in [5.41, 5.74) is 2.90. The van der Waals surface area contributed by atoms with E-state index < -0.39 is 10.1 Å². The third kappa shape index (κ3) is 5.84. The van der Waals surface area contributed by atoms with Gasteiger partial charge in [0.05, 0.1) is 4.91 Å². The Balaban J connectivity index is 1.19. The van der Waals surface area contributed by atoms with Crippen LogP contribution in [-0.4, -0.2) is 50.6 Å². The predicted octanol–water partition coefficient (Wildman–Crippen LogP) is 5.21. The van der Waals surface area contributed by atoms with Crippen LogP contribution in [0.15, 0.2) is 87.6 Å². The summed E-state index contributed by atoms with van der Waals surface area (Å²) in [4.78, 5) is 21.8. The van der Waals surface area contributed by atoms with Crippen molar-refractivity contribution in [2.45, 2.75) is 11.8 Å². The molecule has 1 saturated heterocycles. The van der Waals surface area contributed by atoms with Crippen LogP contribution in [0.5, 0.6) is 5.75 Å². The lowest BCUT2D eigenvalue weighted by Gasteiger charge is -2.36. The smallest absolute Gasteiger partial charge is 0.339 e. The fourth-order valence-electron chi connectivity index (χ4n) is 4.00. The quantitative estimate of drug-likeness (QED) is 0.317. The highest BCUT2D eigenvalue weighted by Gasteiger charge is 2.28. The number of aryl methyl sites for hydroxylation is 1. The molecule has 7 nitrogen and oxygen atoms in total. The first-order valence-corrected chi connectivity index (χ1v) is 14.3. The molecule has 190 valence electrons. The minimum absolute atomic E-state index is 0.0855. The second-order valence-electron chi connectivity index (χ2n) is 8.64. The fraction of sp³-hybridized carbons (Fsp3) is 0.185. The molecule has 3 aromatic rings. The van der Waals surface area contributed by atoms with Crippen LogP contribution in [-0.2, 0) is 14.9 Å². The third-order valence-corrected chi connectivity index (χ3v) is 8.81. The monoisotopic (exact) mass is 553 g/mol. The lowest BCUT2D eigenvalue weighted by molar-refractivity contribution is -0.113. The van der Waals surface area contributed by atoms with Crippen molar-refractivity contribution in [1.29, 1.82) is 0 Å². The van der Waals surface area contributed by atoms with Crippen LogP contribution in [0, 0.1) is 6.92 Å². The van der Waals surface area contributed by atoms with E-state index >= 15 is 0 Å². The van der Waals surface area contributed by atoms with Gasteiger partial charge in [0, 0.05) is 36.9 Å². The average molecular weight is 554 g/mol. The van der Waals surface area contributed by atoms with E-state index in [9.17, 15) is 13.2 Å². The Morgan fingerprint density at radius 1 is 0.946 bits per heavy atom. The highest BCUT2D eigenvalue weighted by atomic mass is 35.5. The van der Waals surface area contributed by atoms with Gasteiger partial charge in [-0.15, -0.1) is 0 Å². The van der Waals surface area contributed by atoms with Crippen molar-refractivity contribution in [2.75, 3.05) is 31.1 Å². The van der Waals surface area contributed by atoms with E-state index in [1.54, 1.807) is 48.5 Å². The summed E-state index contributed by atoms with van der Waals surface area (Å²) >= 11 is 7.64. The minimum Gasteiger partial charge on any atom is -0.379 e. The molecule has 0 unspecified atom stereocenters. The Bertz CT molecular complexity index is 1480. The largest absolute Gasteiger partial charge is 0.379 e. The average Bonchev–Trinajstić information content (AvgIpc) is 3.27. The highest BCUT2D eigenvalue weighted by molar-refractivity contribution is 8.18. The SMILES string of the molecule is Cc1ccc(N2CCN(C3=NC(=O)/C(=C\c4ccc(OS(=O)(=O)c5ccccc5)cc4)S3)CC2)cc1Cl. The number of hydrogen-bond donors (Lipinski definition) is 0. The number of carbonyl (C=O) groups is 1. The number of thioether (sulfide) groups is 1. The Kier molecular flexibility index (Phi) is 7.28. The first-order valence-electron chi connectivity index (χ1n) is 11.7. The van der Waals surface area contributed by atoms with E-state index in [0.717, 1.165) is 48.0 Å². The standard InChI is InChI=1S/C27H24ClN3O4S2/c1-19-7-10-21(18-24(19)28)30-13-15-31(16-14-30)27-29-26(32)25(36-27)17-20-8-11-22(12-9-20)35-37(33,34)23-5-3-2-4-6-23/h2-12,17-18H,13-16H2,1H3/b25-17+. The van der Waals surface area contributed by atoms with Crippen LogP contribution in [0.1, 0.15) is 11.1 Å². The molecule has 2 heterocycles. The van der Waals surface area contributed by atoms with Crippen LogP contribution in [0.4, 0.5) is 5.69 Å². The van der Waals surface area contributed by atoms with Gasteiger partial charge in [-0.25, -0.2) is 0 Å². The Morgan fingerprint density at radius 2 is 1.62 bits per heavy atom. The molecule has 0 atom stereocenters. The molecule has 2 aliphatic heterocycles. The van der Waals surface area contributed by atoms with Crippen LogP contribution in [0.3, 0.4) is 0 Å². The molecule has 0 aliphatic carbocycles. The molecule has 0 bridgehead atoms. The number of nitrogens with zero attached hydrogens (tertiary/aromatic N) is 3. The van der Waals surface area contributed by atoms with Crippen molar-refractivity contribution < 1.29 is 17.4 Å². The number of aliphatic imine (C=N–C) groups is 1. The van der Waals surface area contributed by atoms with Crippen molar-refractivity contribution in [1.82, 2.24) is 4.90 Å². The summed E-state index contributed by atoms with van der Waals surface area (Å²) in [5.74, 6) is -0.0826. The zero-order valence-corrected chi connectivity index (χ0v) is 22.4. The topological polar surface area (TPSA) is 79.3 Å². The van der Waals surface area contributed by atoms with Gasteiger partial charge in [-0.05, 0) is 72.3 Å². The zero-order valence-electron chi connectivity index (χ0n) is 20.0. The summed E-state index contributed by atoms with van der Waals surface area (Å²) in [6, 6.07) is 20.6. The van der Waals surface area contributed by atoms with Gasteiger partial charge in [0.25, 0.3) is 5.91 Å². The van der Waals surface area contributed by atoms with E-state index in [-0.39, 0.29) is 16.6 Å². The van der Waals surface area contributed by atoms with Gasteiger partial charge in [0.1, 0.15) is 10.6 Å². The number of hydrogen-bond acceptors (Lipinski definition) is 7. The predicted molar refractivity (Wildman–Crippen MR) is 149 cm³/mol. The Labute approximate surface area is 225 Å². The number of carbonyl (C=O) groups excluding carboxylic acids is 1. The first kappa shape index (κ1) is 25.4. The summed E-state index contributed by atoms with van der Waals surface area (Å²) in [6.07, 6.45) is 1.75. The Hall–Kier alpha value is -3.27. The maximum absolute atomic E-state index is 12.6. The molecule has 3 aromatic carbocycles. The molecule has 0 saturated carbocycles. The van der Waals surface area contributed by atoms with Gasteiger partial charge >= 0.3 is 10.1 Å². The second-order valence-corrected chi connectivity index (χ2v) is 11.6. The minimum atomic E-state index is -3.91. The van der Waals surface area contributed by atoms with Gasteiger partial charge < -0.3 is 14.0 Å². The number of anilines is 1. The molecule has 5 rings (SSSR count). The van der Waals surface area contributed by atoms with Crippen LogP contribution >= 0.6 is 23.4 Å². The molecule has 37 heavy (non-hydrogen) atoms. The van der Waals surface area contributed by atoms with Crippen LogP contribution in [0.2, 0.25) is 5.02 Å². The first-order chi connectivity index (χ1) is 17.8. The molecule has 1 fully saturated rings. The molecule has 2 aliphatic rings. The maximum atomic E-state index is 12.6. The van der Waals surface area contributed by atoms with Crippen molar-refractivity contribution in [3.05, 3.63) is 93.9 Å². The number of rotatable bonds is 5. The third-order valence-electron chi connectivity index (χ3n) is 6.10. The fourth-order valence-corrected chi connectivity index (χ4v) is 6.09. The highest BCUT2D eigenvalue weighted by Crippen LogP contribution is 2.32. The van der Waals surface area contributed by atoms with E-state index in [1.165, 1.54) is 23.9 Å². The molecule has 1 amide bonds. The van der Waals surface area contributed by atoms with Crippen molar-refractivity contribution in [3.8, 4) is 5.75 Å². The van der Waals surface area contributed by atoms with Crippen molar-refractivity contribution in [2.24, 2.45) is 4.99 Å². The molecule has 10 heteroatoms. The molecular weight excluding hydrogens is 530 g/mol. The summed E-state index contributed by atoms with van der Waals surface area (Å²) in [5, 5.41) is 1.46. The van der Waals surface area contributed by atoms with E-state index in [0.29, 0.717) is 10.1 Å². The van der Waals surface area contributed by atoms with Crippen molar-refractivity contribution in [3.63, 3.8) is 0 Å². The number of benzene rings is 3. The molecule has 0 spiro atoms. The number of amidine groups is 1. The number of amides is 1. The normalized spacial score (nSPS) is 17.3. The van der Waals surface area contributed by atoms with Gasteiger partial charge in [0.2, 0.25) is 0 Å². The van der Waals surface area contributed by atoms with Gasteiger partial charge in [-0.1, -0.05) is 48.0 Å². The lowest BCUT2D eigenvalue weighted by atomic mass is 10.2. The van der Waals surface area contributed by atoms with Gasteiger partial charge in [-0.2, -0.15) is 13.4 Å². The maximum Gasteiger partial charge on any atom is 0.339 e. The number of halogens is 1. The van der Waals surface area contributed by atoms with E-state index in [2.05, 4.69) is 20.9 Å². The van der Waals surface area contributed by atoms with E-state index in [4.69, 9.17) is 15.8 Å². The second kappa shape index (κ2) is 10.6. The Morgan fingerprint density at radius 3 is 2.30 bits per heavy atom. The summed E-state index contributed by atoms with van der Waals surface area (Å²) in [7, 11) is -3.91.